The number of benzene rings is 1. The van der Waals surface area contributed by atoms with Crippen LogP contribution in [0.15, 0.2) is 24.3 Å². The fraction of sp³-hybridized carbons (Fsp3) is 0.529. The molecule has 0 bridgehead atoms. The second-order valence-corrected chi connectivity index (χ2v) is 5.68. The molecule has 0 aromatic heterocycles. The first-order valence-electron chi connectivity index (χ1n) is 7.89. The van der Waals surface area contributed by atoms with Gasteiger partial charge in [0.25, 0.3) is 0 Å². The Balaban J connectivity index is 1.80. The largest absolute Gasteiger partial charge is 0.494 e. The van der Waals surface area contributed by atoms with Crippen LogP contribution in [0.1, 0.15) is 43.0 Å². The average Bonchev–Trinajstić information content (AvgIpc) is 2.97. The molecular weight excluding hydrogens is 280 g/mol. The van der Waals surface area contributed by atoms with Crippen molar-refractivity contribution in [2.45, 2.75) is 38.6 Å². The van der Waals surface area contributed by atoms with E-state index in [1.54, 1.807) is 29.2 Å². The van der Waals surface area contributed by atoms with Gasteiger partial charge in [-0.25, -0.2) is 0 Å². The molecule has 0 radical (unpaired) electrons. The molecule has 1 amide bonds. The lowest BCUT2D eigenvalue weighted by atomic mass is 10.1. The lowest BCUT2D eigenvalue weighted by molar-refractivity contribution is -0.130. The van der Waals surface area contributed by atoms with E-state index in [0.717, 1.165) is 18.6 Å². The number of nitrogens with zero attached hydrogens (tertiary/aromatic N) is 1. The van der Waals surface area contributed by atoms with Crippen molar-refractivity contribution in [3.8, 4) is 5.75 Å². The highest BCUT2D eigenvalue weighted by molar-refractivity contribution is 5.98. The Hall–Kier alpha value is -1.88. The third kappa shape index (κ3) is 4.56. The number of rotatable bonds is 7. The molecule has 1 fully saturated rings. The molecule has 5 nitrogen and oxygen atoms in total. The normalized spacial score (nSPS) is 17.5. The molecule has 0 unspecified atom stereocenters. The van der Waals surface area contributed by atoms with Gasteiger partial charge in [-0.05, 0) is 37.1 Å². The van der Waals surface area contributed by atoms with E-state index in [1.807, 2.05) is 6.92 Å². The van der Waals surface area contributed by atoms with Crippen molar-refractivity contribution in [3.05, 3.63) is 29.8 Å². The van der Waals surface area contributed by atoms with Crippen LogP contribution in [0.3, 0.4) is 0 Å². The van der Waals surface area contributed by atoms with Gasteiger partial charge in [-0.2, -0.15) is 0 Å². The second-order valence-electron chi connectivity index (χ2n) is 5.68. The molecule has 5 heteroatoms. The summed E-state index contributed by atoms with van der Waals surface area (Å²) < 4.78 is 5.48. The molecule has 1 aromatic rings. The molecule has 2 rings (SSSR count). The van der Waals surface area contributed by atoms with E-state index in [1.165, 1.54) is 0 Å². The van der Waals surface area contributed by atoms with Crippen LogP contribution in [0.25, 0.3) is 0 Å². The molecule has 0 saturated carbocycles. The predicted octanol–water partition coefficient (Wildman–Crippen LogP) is 2.00. The number of hydrogen-bond acceptors (Lipinski definition) is 4. The Morgan fingerprint density at radius 2 is 2.00 bits per heavy atom. The smallest absolute Gasteiger partial charge is 0.223 e. The maximum atomic E-state index is 12.1. The number of nitrogens with two attached hydrogens (primary N) is 1. The third-order valence-electron chi connectivity index (χ3n) is 3.79. The van der Waals surface area contributed by atoms with Crippen molar-refractivity contribution in [2.24, 2.45) is 5.73 Å². The standard InChI is InChI=1S/C17H24N2O3/c1-2-11-22-15-5-3-13(4-6-15)16(20)7-8-17(21)19-10-9-14(18)12-19/h3-6,14H,2,7-12,18H2,1H3/t14-/m1/s1. The maximum Gasteiger partial charge on any atom is 0.223 e. The average molecular weight is 304 g/mol. The van der Waals surface area contributed by atoms with Crippen LogP contribution < -0.4 is 10.5 Å². The number of carbonyl (C=O) groups is 2. The molecule has 120 valence electrons. The Morgan fingerprint density at radius 3 is 2.59 bits per heavy atom. The van der Waals surface area contributed by atoms with Crippen LogP contribution in [-0.2, 0) is 4.79 Å². The van der Waals surface area contributed by atoms with Gasteiger partial charge in [0.05, 0.1) is 6.61 Å². The quantitative estimate of drug-likeness (QED) is 0.782. The molecular formula is C17H24N2O3. The van der Waals surface area contributed by atoms with Crippen molar-refractivity contribution < 1.29 is 14.3 Å². The van der Waals surface area contributed by atoms with Crippen LogP contribution in [-0.4, -0.2) is 42.3 Å². The molecule has 1 saturated heterocycles. The second kappa shape index (κ2) is 7.94. The number of carbonyl (C=O) groups excluding carboxylic acids is 2. The van der Waals surface area contributed by atoms with Gasteiger partial charge >= 0.3 is 0 Å². The van der Waals surface area contributed by atoms with Crippen molar-refractivity contribution in [1.29, 1.82) is 0 Å². The Morgan fingerprint density at radius 1 is 1.27 bits per heavy atom. The van der Waals surface area contributed by atoms with Crippen molar-refractivity contribution in [1.82, 2.24) is 4.90 Å². The molecule has 1 aliphatic rings. The summed E-state index contributed by atoms with van der Waals surface area (Å²) in [6.45, 7) is 4.02. The zero-order chi connectivity index (χ0) is 15.9. The molecule has 0 aliphatic carbocycles. The molecule has 0 spiro atoms. The molecule has 1 atom stereocenters. The van der Waals surface area contributed by atoms with Gasteiger partial charge in [-0.15, -0.1) is 0 Å². The van der Waals surface area contributed by atoms with E-state index in [0.29, 0.717) is 25.3 Å². The topological polar surface area (TPSA) is 72.6 Å². The van der Waals surface area contributed by atoms with Crippen molar-refractivity contribution in [2.75, 3.05) is 19.7 Å². The summed E-state index contributed by atoms with van der Waals surface area (Å²) in [5, 5.41) is 0. The van der Waals surface area contributed by atoms with Gasteiger partial charge in [0.15, 0.2) is 5.78 Å². The first-order chi connectivity index (χ1) is 10.6. The summed E-state index contributed by atoms with van der Waals surface area (Å²) in [5.41, 5.74) is 6.41. The van der Waals surface area contributed by atoms with Crippen LogP contribution in [0.5, 0.6) is 5.75 Å². The molecule has 2 N–H and O–H groups in total. The SMILES string of the molecule is CCCOc1ccc(C(=O)CCC(=O)N2CC[C@@H](N)C2)cc1. The van der Waals surface area contributed by atoms with Gasteiger partial charge in [-0.1, -0.05) is 6.92 Å². The number of likely N-dealkylation sites (tertiary alicyclic amines) is 1. The van der Waals surface area contributed by atoms with Crippen LogP contribution in [0.2, 0.25) is 0 Å². The fourth-order valence-electron chi connectivity index (χ4n) is 2.49. The van der Waals surface area contributed by atoms with Gasteiger partial charge in [-0.3, -0.25) is 9.59 Å². The molecule has 1 heterocycles. The lowest BCUT2D eigenvalue weighted by Crippen LogP contribution is -2.32. The summed E-state index contributed by atoms with van der Waals surface area (Å²) in [7, 11) is 0. The van der Waals surface area contributed by atoms with Crippen LogP contribution in [0, 0.1) is 0 Å². The summed E-state index contributed by atoms with van der Waals surface area (Å²) in [4.78, 5) is 25.9. The highest BCUT2D eigenvalue weighted by atomic mass is 16.5. The number of ketones is 1. The van der Waals surface area contributed by atoms with E-state index in [2.05, 4.69) is 0 Å². The number of ether oxygens (including phenoxy) is 1. The predicted molar refractivity (Wildman–Crippen MR) is 85.0 cm³/mol. The number of Topliss-reactive ketones (excluding diaryl/α,β-unsaturated/α-hetero) is 1. The Labute approximate surface area is 131 Å². The lowest BCUT2D eigenvalue weighted by Gasteiger charge is -2.15. The summed E-state index contributed by atoms with van der Waals surface area (Å²) >= 11 is 0. The van der Waals surface area contributed by atoms with E-state index in [-0.39, 0.29) is 30.6 Å². The monoisotopic (exact) mass is 304 g/mol. The van der Waals surface area contributed by atoms with Gasteiger partial charge < -0.3 is 15.4 Å². The minimum Gasteiger partial charge on any atom is -0.494 e. The number of hydrogen-bond donors (Lipinski definition) is 1. The minimum atomic E-state index is -0.0149. The zero-order valence-electron chi connectivity index (χ0n) is 13.1. The third-order valence-corrected chi connectivity index (χ3v) is 3.79. The van der Waals surface area contributed by atoms with Crippen molar-refractivity contribution >= 4 is 11.7 Å². The molecule has 22 heavy (non-hydrogen) atoms. The summed E-state index contributed by atoms with van der Waals surface area (Å²) in [5.74, 6) is 0.767. The zero-order valence-corrected chi connectivity index (χ0v) is 13.1. The highest BCUT2D eigenvalue weighted by Gasteiger charge is 2.23. The van der Waals surface area contributed by atoms with Gasteiger partial charge in [0, 0.05) is 37.5 Å². The minimum absolute atomic E-state index is 0.0149. The summed E-state index contributed by atoms with van der Waals surface area (Å²) in [6, 6.07) is 7.18. The van der Waals surface area contributed by atoms with E-state index < -0.39 is 0 Å². The first kappa shape index (κ1) is 16.5. The number of amides is 1. The Bertz CT molecular complexity index is 513. The highest BCUT2D eigenvalue weighted by Crippen LogP contribution is 2.15. The Kier molecular flexibility index (Phi) is 5.95. The van der Waals surface area contributed by atoms with E-state index in [9.17, 15) is 9.59 Å². The van der Waals surface area contributed by atoms with E-state index in [4.69, 9.17) is 10.5 Å². The first-order valence-corrected chi connectivity index (χ1v) is 7.89. The van der Waals surface area contributed by atoms with Crippen molar-refractivity contribution in [3.63, 3.8) is 0 Å². The molecule has 1 aromatic carbocycles. The maximum absolute atomic E-state index is 12.1. The van der Waals surface area contributed by atoms with Gasteiger partial charge in [0.2, 0.25) is 5.91 Å². The van der Waals surface area contributed by atoms with Crippen LogP contribution >= 0.6 is 0 Å². The van der Waals surface area contributed by atoms with Gasteiger partial charge in [0.1, 0.15) is 5.75 Å². The fourth-order valence-corrected chi connectivity index (χ4v) is 2.49. The summed E-state index contributed by atoms with van der Waals surface area (Å²) in [6.07, 6.45) is 2.28. The van der Waals surface area contributed by atoms with Crippen LogP contribution in [0.4, 0.5) is 0 Å². The molecule has 1 aliphatic heterocycles. The van der Waals surface area contributed by atoms with E-state index >= 15 is 0 Å².